The number of carbonyl (C=O) groups is 2. The summed E-state index contributed by atoms with van der Waals surface area (Å²) in [4.78, 5) is 26.8. The first-order valence-corrected chi connectivity index (χ1v) is 26.6. The molecule has 0 aromatic heterocycles. The van der Waals surface area contributed by atoms with Gasteiger partial charge in [-0.3, -0.25) is 0 Å². The largest absolute Gasteiger partial charge is 0.490 e. The van der Waals surface area contributed by atoms with E-state index in [0.29, 0.717) is 73.4 Å². The maximum absolute atomic E-state index is 13.4. The molecule has 16 heteroatoms. The van der Waals surface area contributed by atoms with Crippen LogP contribution >= 0.6 is 0 Å². The molecule has 0 aliphatic carbocycles. The van der Waals surface area contributed by atoms with Crippen LogP contribution in [0.15, 0.2) is 226 Å². The first kappa shape index (κ1) is 57.2. The number of rotatable bonds is 32. The van der Waals surface area contributed by atoms with Crippen LogP contribution in [-0.2, 0) is 23.8 Å². The normalized spacial score (nSPS) is 10.7. The standard InChI is InChI=1S/C67H60O16/c1-5-6-7-23-34-70-60-35-54-55(36-61(60)71-41-66(68)82-52-30-19-11-20-31-52)56-37-62(72-42-67(69)83-53-32-21-12-22-33-53)63(79-46(2)73-43-76-49-24-13-8-14-25-49)38-57(56)59-40-65(81-48(4)75-45-78-51-28-17-10-18-29-51)64(39-58(54)59)80-47(3)74-44-77-50-26-15-9-16-27-50/h8-22,24-33,35-40H,2-7,23,34,41-45H2,1H3. The summed E-state index contributed by atoms with van der Waals surface area (Å²) in [6, 6.07) is 55.0. The van der Waals surface area contributed by atoms with Crippen LogP contribution in [0.3, 0.4) is 0 Å². The molecule has 9 aromatic rings. The zero-order chi connectivity index (χ0) is 57.6. The second-order valence-electron chi connectivity index (χ2n) is 18.2. The van der Waals surface area contributed by atoms with E-state index in [1.165, 1.54) is 0 Å². The molecule has 0 radical (unpaired) electrons. The lowest BCUT2D eigenvalue weighted by Gasteiger charge is -2.21. The maximum Gasteiger partial charge on any atom is 0.349 e. The Kier molecular flexibility index (Phi) is 20.1. The monoisotopic (exact) mass is 1120 g/mol. The third-order valence-corrected chi connectivity index (χ3v) is 12.3. The summed E-state index contributed by atoms with van der Waals surface area (Å²) in [6.45, 7) is 12.8. The molecule has 0 bridgehead atoms. The van der Waals surface area contributed by atoms with Gasteiger partial charge in [0.2, 0.25) is 20.4 Å². The van der Waals surface area contributed by atoms with Gasteiger partial charge < -0.3 is 66.3 Å². The fraction of sp³-hybridized carbons (Fsp3) is 0.164. The molecular formula is C67H60O16. The average Bonchev–Trinajstić information content (AvgIpc) is 3.68. The predicted molar refractivity (Wildman–Crippen MR) is 312 cm³/mol. The summed E-state index contributed by atoms with van der Waals surface area (Å²) in [5, 5.41) is 3.43. The highest BCUT2D eigenvalue weighted by Crippen LogP contribution is 2.48. The van der Waals surface area contributed by atoms with Gasteiger partial charge in [0, 0.05) is 0 Å². The number of hydrogen-bond acceptors (Lipinski definition) is 16. The molecule has 0 amide bonds. The zero-order valence-electron chi connectivity index (χ0n) is 45.6. The van der Waals surface area contributed by atoms with Crippen molar-refractivity contribution in [3.63, 3.8) is 0 Å². The SMILES string of the molecule is C=C(OCOc1ccccc1)Oc1cc2c(cc1OCC(=O)Oc1ccccc1)c1cc(OCC(=O)Oc3ccccc3)c(OCCCCCC)cc1c1cc(OC(=C)OCOc3ccccc3)c(OC(=C)OCOc3ccccc3)cc21. The van der Waals surface area contributed by atoms with E-state index < -0.39 is 25.2 Å². The van der Waals surface area contributed by atoms with Gasteiger partial charge in [0.15, 0.2) is 47.7 Å². The average molecular weight is 1120 g/mol. The van der Waals surface area contributed by atoms with Gasteiger partial charge in [-0.05, 0) is 156 Å². The molecule has 0 atom stereocenters. The molecule has 424 valence electrons. The highest BCUT2D eigenvalue weighted by molar-refractivity contribution is 6.27. The van der Waals surface area contributed by atoms with Crippen molar-refractivity contribution in [1.82, 2.24) is 0 Å². The molecular weight excluding hydrogens is 1060 g/mol. The van der Waals surface area contributed by atoms with E-state index in [1.54, 1.807) is 121 Å². The van der Waals surface area contributed by atoms with Gasteiger partial charge in [0.05, 0.1) is 6.61 Å². The van der Waals surface area contributed by atoms with Crippen LogP contribution in [0.4, 0.5) is 0 Å². The lowest BCUT2D eigenvalue weighted by molar-refractivity contribution is -0.137. The smallest absolute Gasteiger partial charge is 0.349 e. The third kappa shape index (κ3) is 16.5. The second kappa shape index (κ2) is 29.1. The molecule has 83 heavy (non-hydrogen) atoms. The van der Waals surface area contributed by atoms with E-state index in [1.807, 2.05) is 66.7 Å². The summed E-state index contributed by atoms with van der Waals surface area (Å²) in [5.41, 5.74) is 0. The van der Waals surface area contributed by atoms with E-state index in [4.69, 9.17) is 66.3 Å². The van der Waals surface area contributed by atoms with Crippen molar-refractivity contribution in [2.45, 2.75) is 32.6 Å². The maximum atomic E-state index is 13.4. The second-order valence-corrected chi connectivity index (χ2v) is 18.2. The molecule has 0 aliphatic heterocycles. The minimum Gasteiger partial charge on any atom is -0.490 e. The Morgan fingerprint density at radius 1 is 0.325 bits per heavy atom. The van der Waals surface area contributed by atoms with Crippen molar-refractivity contribution in [1.29, 1.82) is 0 Å². The number of benzene rings is 9. The predicted octanol–water partition coefficient (Wildman–Crippen LogP) is 14.8. The van der Waals surface area contributed by atoms with Gasteiger partial charge in [-0.2, -0.15) is 0 Å². The Morgan fingerprint density at radius 3 is 0.952 bits per heavy atom. The molecule has 0 fully saturated rings. The highest BCUT2D eigenvalue weighted by atomic mass is 16.8. The first-order valence-electron chi connectivity index (χ1n) is 26.6. The molecule has 9 aromatic carbocycles. The van der Waals surface area contributed by atoms with Crippen molar-refractivity contribution >= 4 is 44.3 Å². The van der Waals surface area contributed by atoms with Crippen molar-refractivity contribution < 1.29 is 75.9 Å². The van der Waals surface area contributed by atoms with Crippen LogP contribution in [0.5, 0.6) is 63.2 Å². The summed E-state index contributed by atoms with van der Waals surface area (Å²) in [6.07, 6.45) is 3.73. The van der Waals surface area contributed by atoms with E-state index in [9.17, 15) is 9.59 Å². The van der Waals surface area contributed by atoms with E-state index in [-0.39, 0.29) is 67.0 Å². The number of para-hydroxylation sites is 5. The van der Waals surface area contributed by atoms with Gasteiger partial charge in [-0.15, -0.1) is 0 Å². The summed E-state index contributed by atoms with van der Waals surface area (Å²) >= 11 is 0. The van der Waals surface area contributed by atoms with E-state index in [0.717, 1.165) is 25.7 Å². The molecule has 0 aliphatic rings. The van der Waals surface area contributed by atoms with Crippen molar-refractivity contribution in [3.05, 3.63) is 226 Å². The number of ether oxygens (including phenoxy) is 14. The fourth-order valence-electron chi connectivity index (χ4n) is 8.37. The van der Waals surface area contributed by atoms with Crippen molar-refractivity contribution in [3.8, 4) is 63.2 Å². The summed E-state index contributed by atoms with van der Waals surface area (Å²) < 4.78 is 84.3. The molecule has 16 nitrogen and oxygen atoms in total. The zero-order valence-corrected chi connectivity index (χ0v) is 45.6. The van der Waals surface area contributed by atoms with Crippen LogP contribution in [0.2, 0.25) is 0 Å². The Labute approximate surface area is 480 Å². The van der Waals surface area contributed by atoms with Crippen LogP contribution in [0.1, 0.15) is 32.6 Å². The lowest BCUT2D eigenvalue weighted by Crippen LogP contribution is -2.18. The quantitative estimate of drug-likeness (QED) is 0.00976. The number of fused-ring (bicyclic) bond motifs is 6. The first-order chi connectivity index (χ1) is 40.6. The molecule has 0 heterocycles. The molecule has 9 rings (SSSR count). The number of esters is 2. The van der Waals surface area contributed by atoms with Crippen molar-refractivity contribution in [2.24, 2.45) is 0 Å². The highest BCUT2D eigenvalue weighted by Gasteiger charge is 2.23. The van der Waals surface area contributed by atoms with Gasteiger partial charge in [-0.1, -0.05) is 117 Å². The third-order valence-electron chi connectivity index (χ3n) is 12.3. The Bertz CT molecular complexity index is 3630. The van der Waals surface area contributed by atoms with Gasteiger partial charge >= 0.3 is 11.9 Å². The van der Waals surface area contributed by atoms with Crippen molar-refractivity contribution in [2.75, 3.05) is 40.2 Å². The molecule has 0 spiro atoms. The van der Waals surface area contributed by atoms with Crippen LogP contribution in [0.25, 0.3) is 32.3 Å². The van der Waals surface area contributed by atoms with Gasteiger partial charge in [0.25, 0.3) is 17.8 Å². The van der Waals surface area contributed by atoms with E-state index in [2.05, 4.69) is 26.7 Å². The lowest BCUT2D eigenvalue weighted by atomic mass is 9.93. The molecule has 0 unspecified atom stereocenters. The van der Waals surface area contributed by atoms with Crippen LogP contribution in [-0.4, -0.2) is 52.1 Å². The summed E-state index contributed by atoms with van der Waals surface area (Å²) in [7, 11) is 0. The van der Waals surface area contributed by atoms with E-state index >= 15 is 0 Å². The minimum atomic E-state index is -0.695. The number of unbranched alkanes of at least 4 members (excludes halogenated alkanes) is 3. The topological polar surface area (TPSA) is 163 Å². The Balaban J connectivity index is 1.18. The number of carbonyl (C=O) groups excluding carboxylic acids is 2. The molecule has 0 N–H and O–H groups in total. The summed E-state index contributed by atoms with van der Waals surface area (Å²) in [5.74, 6) is 1.55. The molecule has 0 saturated heterocycles. The Morgan fingerprint density at radius 2 is 0.614 bits per heavy atom. The molecule has 0 saturated carbocycles. The van der Waals surface area contributed by atoms with Gasteiger partial charge in [0.1, 0.15) is 28.7 Å². The van der Waals surface area contributed by atoms with Crippen LogP contribution in [0, 0.1) is 0 Å². The number of hydrogen-bond donors (Lipinski definition) is 0. The fourth-order valence-corrected chi connectivity index (χ4v) is 8.37. The minimum absolute atomic E-state index is 0.0799. The van der Waals surface area contributed by atoms with Gasteiger partial charge in [-0.25, -0.2) is 9.59 Å². The Hall–Kier alpha value is -10.5. The van der Waals surface area contributed by atoms with Crippen LogP contribution < -0.4 is 52.1 Å².